The van der Waals surface area contributed by atoms with E-state index < -0.39 is 90.6 Å². The number of amides is 6. The lowest BCUT2D eigenvalue weighted by molar-refractivity contribution is -0.554. The van der Waals surface area contributed by atoms with Gasteiger partial charge in [0.15, 0.2) is 19.7 Å². The van der Waals surface area contributed by atoms with Crippen LogP contribution < -0.4 is 43.1 Å². The molecule has 0 saturated carbocycles. The molecule has 3 saturated heterocycles. The van der Waals surface area contributed by atoms with Crippen molar-refractivity contribution >= 4 is 60.8 Å². The van der Waals surface area contributed by atoms with Crippen molar-refractivity contribution in [1.82, 2.24) is 42.2 Å². The first-order valence-corrected chi connectivity index (χ1v) is 17.7. The second-order valence-electron chi connectivity index (χ2n) is 14.1. The van der Waals surface area contributed by atoms with Crippen LogP contribution in [0.1, 0.15) is 57.6 Å². The van der Waals surface area contributed by atoms with Gasteiger partial charge in [-0.25, -0.2) is 4.99 Å². The van der Waals surface area contributed by atoms with E-state index in [1.165, 1.54) is 4.90 Å². The third-order valence-corrected chi connectivity index (χ3v) is 8.20. The molecule has 6 amide bonds. The maximum atomic E-state index is 14.0. The van der Waals surface area contributed by atoms with E-state index in [1.54, 1.807) is 44.6 Å². The Labute approximate surface area is 319 Å². The van der Waals surface area contributed by atoms with Crippen LogP contribution in [0.4, 0.5) is 0 Å². The minimum Gasteiger partial charge on any atom is -0.460 e. The summed E-state index contributed by atoms with van der Waals surface area (Å²) < 4.78 is 6.92. The molecule has 0 radical (unpaired) electrons. The Balaban J connectivity index is 1.92. The zero-order chi connectivity index (χ0) is 40.7. The summed E-state index contributed by atoms with van der Waals surface area (Å²) in [5, 5.41) is 15.5. The van der Waals surface area contributed by atoms with Crippen molar-refractivity contribution in [3.63, 3.8) is 0 Å². The van der Waals surface area contributed by atoms with Gasteiger partial charge in [-0.3, -0.25) is 38.6 Å². The van der Waals surface area contributed by atoms with Crippen LogP contribution in [0.2, 0.25) is 0 Å². The van der Waals surface area contributed by atoms with E-state index in [1.807, 2.05) is 12.1 Å². The number of hydrazine groups is 1. The highest BCUT2D eigenvalue weighted by Gasteiger charge is 2.42. The molecule has 55 heavy (non-hydrogen) atoms. The number of carbonyl (C=O) groups excluding carboxylic acids is 7. The lowest BCUT2D eigenvalue weighted by atomic mass is 10.0. The van der Waals surface area contributed by atoms with Crippen LogP contribution in [0.3, 0.4) is 0 Å². The van der Waals surface area contributed by atoms with E-state index in [9.17, 15) is 33.6 Å². The minimum atomic E-state index is -1.47. The van der Waals surface area contributed by atoms with Gasteiger partial charge in [0, 0.05) is 19.6 Å². The van der Waals surface area contributed by atoms with Gasteiger partial charge in [0.1, 0.15) is 36.4 Å². The Morgan fingerprint density at radius 2 is 1.64 bits per heavy atom. The van der Waals surface area contributed by atoms with E-state index in [0.717, 1.165) is 5.56 Å². The zero-order valence-electron chi connectivity index (χ0n) is 31.7. The summed E-state index contributed by atoms with van der Waals surface area (Å²) in [5.41, 5.74) is 9.52. The number of nitrogens with one attached hydrogen (secondary N) is 7. The van der Waals surface area contributed by atoms with Crippen LogP contribution in [-0.2, 0) is 51.4 Å². The molecule has 0 aliphatic carbocycles. The molecular weight excluding hydrogens is 716 g/mol. The second-order valence-corrected chi connectivity index (χ2v) is 14.1. The van der Waals surface area contributed by atoms with Gasteiger partial charge in [-0.05, 0) is 51.5 Å². The SMILES string of the molecule is C=NCN=C(N)NCCCC1NC(=O)CC2NC(=O)C(CNC(=O)C(CC(=O)OC(C)(C)C)NC(=O)CNC1=O)N(Cc1ccc(CN[N+](=C)C)cc1)C2=O. The van der Waals surface area contributed by atoms with Crippen LogP contribution in [0.15, 0.2) is 34.3 Å². The molecule has 0 aromatic heterocycles. The van der Waals surface area contributed by atoms with E-state index in [-0.39, 0.29) is 38.7 Å². The number of carbonyl (C=O) groups is 7. The number of hydrazone groups is 1. The van der Waals surface area contributed by atoms with E-state index in [4.69, 9.17) is 10.5 Å². The molecule has 3 heterocycles. The normalized spacial score (nSPS) is 21.6. The molecule has 1 aromatic rings. The first-order valence-electron chi connectivity index (χ1n) is 17.7. The summed E-state index contributed by atoms with van der Waals surface area (Å²) in [5.74, 6) is -5.05. The summed E-state index contributed by atoms with van der Waals surface area (Å²) in [6.45, 7) is 11.7. The van der Waals surface area contributed by atoms with Gasteiger partial charge in [-0.2, -0.15) is 5.43 Å². The Hall–Kier alpha value is -6.08. The van der Waals surface area contributed by atoms with Crippen LogP contribution in [0, 0.1) is 0 Å². The summed E-state index contributed by atoms with van der Waals surface area (Å²) in [4.78, 5) is 102. The molecule has 9 N–H and O–H groups in total. The predicted molar refractivity (Wildman–Crippen MR) is 201 cm³/mol. The molecule has 20 nitrogen and oxygen atoms in total. The average Bonchev–Trinajstić information content (AvgIpc) is 3.10. The number of guanidine groups is 1. The van der Waals surface area contributed by atoms with E-state index in [0.29, 0.717) is 18.5 Å². The van der Waals surface area contributed by atoms with Gasteiger partial charge in [0.05, 0.1) is 25.9 Å². The number of fused-ring (bicyclic) bond motifs is 14. The van der Waals surface area contributed by atoms with Gasteiger partial charge in [-0.1, -0.05) is 24.3 Å². The quantitative estimate of drug-likeness (QED) is 0.0190. The van der Waals surface area contributed by atoms with Crippen molar-refractivity contribution < 1.29 is 43.0 Å². The number of nitrogens with two attached hydrogens (primary N) is 1. The number of rotatable bonds is 13. The molecule has 3 aliphatic heterocycles. The minimum absolute atomic E-state index is 0.0516. The molecule has 3 fully saturated rings. The highest BCUT2D eigenvalue weighted by Crippen LogP contribution is 2.18. The summed E-state index contributed by atoms with van der Waals surface area (Å²) >= 11 is 0. The monoisotopic (exact) mass is 769 g/mol. The van der Waals surface area contributed by atoms with Gasteiger partial charge < -0.3 is 47.3 Å². The molecule has 1 aromatic carbocycles. The smallest absolute Gasteiger partial charge is 0.308 e. The van der Waals surface area contributed by atoms with Gasteiger partial charge in [0.25, 0.3) is 0 Å². The number of esters is 1. The zero-order valence-corrected chi connectivity index (χ0v) is 31.7. The molecular formula is C35H53N12O8+. The number of piperazine rings is 1. The fourth-order valence-electron chi connectivity index (χ4n) is 5.57. The third-order valence-electron chi connectivity index (χ3n) is 8.20. The summed E-state index contributed by atoms with van der Waals surface area (Å²) in [6.07, 6.45) is -0.705. The molecule has 20 heteroatoms. The molecule has 4 unspecified atom stereocenters. The molecule has 4 rings (SSSR count). The molecule has 0 spiro atoms. The van der Waals surface area contributed by atoms with Crippen LogP contribution in [-0.4, -0.2) is 134 Å². The molecule has 4 atom stereocenters. The Morgan fingerprint density at radius 3 is 2.29 bits per heavy atom. The summed E-state index contributed by atoms with van der Waals surface area (Å²) in [6, 6.07) is 2.08. The number of benzene rings is 1. The summed E-state index contributed by atoms with van der Waals surface area (Å²) in [7, 11) is 1.75. The number of aliphatic imine (C=N–C) groups is 2. The Morgan fingerprint density at radius 1 is 0.982 bits per heavy atom. The highest BCUT2D eigenvalue weighted by atomic mass is 16.6. The van der Waals surface area contributed by atoms with Crippen molar-refractivity contribution in [3.8, 4) is 0 Å². The number of hydrogen-bond acceptors (Lipinski definition) is 11. The largest absolute Gasteiger partial charge is 0.460 e. The topological polar surface area (TPSA) is 270 Å². The van der Waals surface area contributed by atoms with Crippen molar-refractivity contribution in [2.45, 2.75) is 89.3 Å². The van der Waals surface area contributed by atoms with Crippen LogP contribution >= 0.6 is 0 Å². The molecule has 2 bridgehead atoms. The maximum Gasteiger partial charge on any atom is 0.308 e. The third kappa shape index (κ3) is 14.7. The van der Waals surface area contributed by atoms with Gasteiger partial charge in [-0.15, -0.1) is 4.68 Å². The standard InChI is InChI=1S/C35H52N12O8/c1-35(2,3)55-29(50)15-24-31(52)39-17-26-32(53)45-25(33(54)47(26)19-22-11-9-21(10-12-22)16-42-46(5)6)14-27(48)43-23(30(51)40-18-28(49)44-24)8-7-13-38-34(36)41-20-37-4/h9-12,23-26,42H,4-5,7-8,13-20H2,1-3,6H3,(H7-,36,38,39,40,41,43,44,45,48,49,51,52,53)/p+1. The highest BCUT2D eigenvalue weighted by molar-refractivity contribution is 6.00. The number of ether oxygens (including phenoxy) is 1. The van der Waals surface area contributed by atoms with Crippen molar-refractivity contribution in [3.05, 3.63) is 35.4 Å². The molecule has 300 valence electrons. The van der Waals surface area contributed by atoms with Crippen molar-refractivity contribution in [1.29, 1.82) is 0 Å². The predicted octanol–water partition coefficient (Wildman–Crippen LogP) is -3.09. The first-order chi connectivity index (χ1) is 25.9. The maximum absolute atomic E-state index is 14.0. The van der Waals surface area contributed by atoms with Crippen molar-refractivity contribution in [2.24, 2.45) is 15.7 Å². The van der Waals surface area contributed by atoms with E-state index in [2.05, 4.69) is 60.7 Å². The first kappa shape index (κ1) is 43.3. The fraction of sp³-hybridized carbons (Fsp3) is 0.543. The van der Waals surface area contributed by atoms with Crippen LogP contribution in [0.25, 0.3) is 0 Å². The van der Waals surface area contributed by atoms with Gasteiger partial charge >= 0.3 is 5.97 Å². The Kier molecular flexibility index (Phi) is 16.1. The lowest BCUT2D eigenvalue weighted by Gasteiger charge is -2.39. The number of hydrogen-bond donors (Lipinski definition) is 8. The van der Waals surface area contributed by atoms with Crippen molar-refractivity contribution in [2.75, 3.05) is 33.4 Å². The van der Waals surface area contributed by atoms with Crippen LogP contribution in [0.5, 0.6) is 0 Å². The Bertz CT molecular complexity index is 1640. The number of nitrogens with zero attached hydrogens (tertiary/aromatic N) is 4. The molecule has 3 aliphatic rings. The second kappa shape index (κ2) is 20.4. The lowest BCUT2D eigenvalue weighted by Crippen LogP contribution is -2.66. The fourth-order valence-corrected chi connectivity index (χ4v) is 5.57. The van der Waals surface area contributed by atoms with E-state index >= 15 is 0 Å². The average molecular weight is 770 g/mol. The van der Waals surface area contributed by atoms with Gasteiger partial charge in [0.2, 0.25) is 35.4 Å².